The van der Waals surface area contributed by atoms with Crippen molar-refractivity contribution in [2.24, 2.45) is 5.92 Å². The average Bonchev–Trinajstić information content (AvgIpc) is 2.46. The van der Waals surface area contributed by atoms with Crippen molar-refractivity contribution in [1.29, 1.82) is 0 Å². The van der Waals surface area contributed by atoms with Crippen LogP contribution in [-0.4, -0.2) is 36.6 Å². The molecule has 0 aromatic carbocycles. The Morgan fingerprint density at radius 2 is 1.70 bits per heavy atom. The maximum atomic E-state index is 3.95. The van der Waals surface area contributed by atoms with Gasteiger partial charge in [-0.3, -0.25) is 0 Å². The van der Waals surface area contributed by atoms with Gasteiger partial charge in [0.2, 0.25) is 0 Å². The molecule has 1 rings (SSSR count). The minimum atomic E-state index is 0.701. The number of nitrogens with one attached hydrogen (secondary N) is 1. The number of rotatable bonds is 10. The van der Waals surface area contributed by atoms with E-state index in [1.165, 1.54) is 71.0 Å². The Morgan fingerprint density at radius 1 is 1.00 bits per heavy atom. The van der Waals surface area contributed by atoms with Gasteiger partial charge in [0, 0.05) is 12.1 Å². The SMILES string of the molecule is CCCCC(CCC)NC(C)C1CCN(CCC)CC1. The van der Waals surface area contributed by atoms with Crippen molar-refractivity contribution in [3.05, 3.63) is 0 Å². The second-order valence-corrected chi connectivity index (χ2v) is 6.76. The van der Waals surface area contributed by atoms with E-state index in [1.54, 1.807) is 0 Å². The zero-order chi connectivity index (χ0) is 14.8. The highest BCUT2D eigenvalue weighted by atomic mass is 15.1. The van der Waals surface area contributed by atoms with E-state index in [1.807, 2.05) is 0 Å². The summed E-state index contributed by atoms with van der Waals surface area (Å²) in [4.78, 5) is 2.64. The first-order valence-electron chi connectivity index (χ1n) is 9.19. The number of hydrogen-bond donors (Lipinski definition) is 1. The van der Waals surface area contributed by atoms with E-state index in [2.05, 4.69) is 37.9 Å². The predicted molar refractivity (Wildman–Crippen MR) is 90.3 cm³/mol. The molecule has 1 heterocycles. The van der Waals surface area contributed by atoms with Gasteiger partial charge in [0.05, 0.1) is 0 Å². The van der Waals surface area contributed by atoms with Gasteiger partial charge >= 0.3 is 0 Å². The van der Waals surface area contributed by atoms with E-state index in [-0.39, 0.29) is 0 Å². The Labute approximate surface area is 127 Å². The smallest absolute Gasteiger partial charge is 0.00705 e. The van der Waals surface area contributed by atoms with Gasteiger partial charge < -0.3 is 10.2 Å². The van der Waals surface area contributed by atoms with Crippen LogP contribution in [0.1, 0.15) is 79.1 Å². The van der Waals surface area contributed by atoms with Crippen molar-refractivity contribution in [3.8, 4) is 0 Å². The summed E-state index contributed by atoms with van der Waals surface area (Å²) in [6.45, 7) is 13.3. The molecule has 1 saturated heterocycles. The van der Waals surface area contributed by atoms with Gasteiger partial charge in [-0.25, -0.2) is 0 Å². The molecular weight excluding hydrogens is 244 g/mol. The highest BCUT2D eigenvalue weighted by Gasteiger charge is 2.24. The van der Waals surface area contributed by atoms with E-state index in [9.17, 15) is 0 Å². The van der Waals surface area contributed by atoms with E-state index in [4.69, 9.17) is 0 Å². The van der Waals surface area contributed by atoms with Gasteiger partial charge in [-0.05, 0) is 64.6 Å². The first kappa shape index (κ1) is 18.0. The third-order valence-corrected chi connectivity index (χ3v) is 4.92. The molecule has 0 aromatic rings. The molecule has 0 spiro atoms. The monoisotopic (exact) mass is 282 g/mol. The topological polar surface area (TPSA) is 15.3 Å². The van der Waals surface area contributed by atoms with E-state index in [0.29, 0.717) is 6.04 Å². The Balaban J connectivity index is 2.31. The van der Waals surface area contributed by atoms with Gasteiger partial charge in [-0.2, -0.15) is 0 Å². The van der Waals surface area contributed by atoms with Crippen LogP contribution < -0.4 is 5.32 Å². The molecule has 0 amide bonds. The summed E-state index contributed by atoms with van der Waals surface area (Å²) in [5, 5.41) is 3.95. The molecule has 2 unspecified atom stereocenters. The van der Waals surface area contributed by atoms with E-state index in [0.717, 1.165) is 12.0 Å². The molecule has 2 heteroatoms. The molecule has 20 heavy (non-hydrogen) atoms. The first-order valence-corrected chi connectivity index (χ1v) is 9.19. The van der Waals surface area contributed by atoms with E-state index >= 15 is 0 Å². The Morgan fingerprint density at radius 3 is 2.25 bits per heavy atom. The van der Waals surface area contributed by atoms with Crippen LogP contribution >= 0.6 is 0 Å². The van der Waals surface area contributed by atoms with Gasteiger partial charge in [0.1, 0.15) is 0 Å². The Hall–Kier alpha value is -0.0800. The highest BCUT2D eigenvalue weighted by Crippen LogP contribution is 2.22. The molecule has 120 valence electrons. The second kappa shape index (κ2) is 10.6. The molecule has 2 atom stereocenters. The van der Waals surface area contributed by atoms with Crippen LogP contribution in [0.3, 0.4) is 0 Å². The van der Waals surface area contributed by atoms with Gasteiger partial charge in [-0.1, -0.05) is 40.0 Å². The maximum Gasteiger partial charge on any atom is 0.00705 e. The lowest BCUT2D eigenvalue weighted by Gasteiger charge is -2.36. The normalized spacial score (nSPS) is 21.0. The fourth-order valence-corrected chi connectivity index (χ4v) is 3.61. The molecule has 1 fully saturated rings. The van der Waals surface area contributed by atoms with Crippen LogP contribution in [0.25, 0.3) is 0 Å². The second-order valence-electron chi connectivity index (χ2n) is 6.76. The van der Waals surface area contributed by atoms with Crippen molar-refractivity contribution in [1.82, 2.24) is 10.2 Å². The van der Waals surface area contributed by atoms with Gasteiger partial charge in [0.15, 0.2) is 0 Å². The summed E-state index contributed by atoms with van der Waals surface area (Å²) >= 11 is 0. The number of hydrogen-bond acceptors (Lipinski definition) is 2. The highest BCUT2D eigenvalue weighted by molar-refractivity contribution is 4.82. The number of unbranched alkanes of at least 4 members (excludes halogenated alkanes) is 1. The third kappa shape index (κ3) is 6.58. The van der Waals surface area contributed by atoms with Crippen LogP contribution in [0.5, 0.6) is 0 Å². The molecule has 1 N–H and O–H groups in total. The Kier molecular flexibility index (Phi) is 9.54. The van der Waals surface area contributed by atoms with Gasteiger partial charge in [0.25, 0.3) is 0 Å². The number of nitrogens with zero attached hydrogens (tertiary/aromatic N) is 1. The third-order valence-electron chi connectivity index (χ3n) is 4.92. The number of likely N-dealkylation sites (tertiary alicyclic amines) is 1. The minimum Gasteiger partial charge on any atom is -0.311 e. The average molecular weight is 283 g/mol. The minimum absolute atomic E-state index is 0.701. The summed E-state index contributed by atoms with van der Waals surface area (Å²) in [5.41, 5.74) is 0. The lowest BCUT2D eigenvalue weighted by molar-refractivity contribution is 0.156. The summed E-state index contributed by atoms with van der Waals surface area (Å²) in [6, 6.07) is 1.45. The van der Waals surface area contributed by atoms with Crippen molar-refractivity contribution >= 4 is 0 Å². The van der Waals surface area contributed by atoms with Crippen molar-refractivity contribution in [3.63, 3.8) is 0 Å². The van der Waals surface area contributed by atoms with Crippen LogP contribution in [0, 0.1) is 5.92 Å². The predicted octanol–water partition coefficient (Wildman–Crippen LogP) is 4.45. The van der Waals surface area contributed by atoms with Crippen molar-refractivity contribution in [2.75, 3.05) is 19.6 Å². The first-order chi connectivity index (χ1) is 9.71. The number of piperidine rings is 1. The molecule has 1 aliphatic rings. The summed E-state index contributed by atoms with van der Waals surface area (Å²) < 4.78 is 0. The van der Waals surface area contributed by atoms with Crippen LogP contribution in [0.2, 0.25) is 0 Å². The van der Waals surface area contributed by atoms with Crippen molar-refractivity contribution in [2.45, 2.75) is 91.1 Å². The fourth-order valence-electron chi connectivity index (χ4n) is 3.61. The molecule has 0 bridgehead atoms. The maximum absolute atomic E-state index is 3.95. The van der Waals surface area contributed by atoms with Gasteiger partial charge in [-0.15, -0.1) is 0 Å². The van der Waals surface area contributed by atoms with Crippen molar-refractivity contribution < 1.29 is 0 Å². The summed E-state index contributed by atoms with van der Waals surface area (Å²) in [7, 11) is 0. The lowest BCUT2D eigenvalue weighted by atomic mass is 9.89. The summed E-state index contributed by atoms with van der Waals surface area (Å²) in [5.74, 6) is 0.893. The molecule has 0 aliphatic carbocycles. The molecule has 1 aliphatic heterocycles. The Bertz CT molecular complexity index is 221. The van der Waals surface area contributed by atoms with Crippen LogP contribution in [-0.2, 0) is 0 Å². The largest absolute Gasteiger partial charge is 0.311 e. The molecule has 0 aromatic heterocycles. The quantitative estimate of drug-likeness (QED) is 0.637. The summed E-state index contributed by atoms with van der Waals surface area (Å²) in [6.07, 6.45) is 10.8. The van der Waals surface area contributed by atoms with Crippen LogP contribution in [0.4, 0.5) is 0 Å². The standard InChI is InChI=1S/C18H38N2/c1-5-8-10-18(9-6-2)19-16(4)17-11-14-20(13-7-3)15-12-17/h16-19H,5-15H2,1-4H3. The molecular formula is C18H38N2. The molecule has 2 nitrogen and oxygen atoms in total. The fraction of sp³-hybridized carbons (Fsp3) is 1.00. The zero-order valence-corrected chi connectivity index (χ0v) is 14.5. The molecule has 0 radical (unpaired) electrons. The van der Waals surface area contributed by atoms with Crippen LogP contribution in [0.15, 0.2) is 0 Å². The molecule has 0 saturated carbocycles. The zero-order valence-electron chi connectivity index (χ0n) is 14.5. The van der Waals surface area contributed by atoms with E-state index < -0.39 is 0 Å². The lowest BCUT2D eigenvalue weighted by Crippen LogP contribution is -2.45.